The number of carbonyl (C=O) groups is 1. The van der Waals surface area contributed by atoms with Gasteiger partial charge in [0.25, 0.3) is 0 Å². The SMILES string of the molecule is CC1CCCCC/C=C\CCCCCCCC/C=C\CCCCCCCCCCCCCCCC(=O)OC1. The van der Waals surface area contributed by atoms with E-state index in [1.165, 1.54) is 167 Å². The zero-order valence-electron chi connectivity index (χ0n) is 25.7. The van der Waals surface area contributed by atoms with Crippen LogP contribution in [0.25, 0.3) is 0 Å². The summed E-state index contributed by atoms with van der Waals surface area (Å²) in [6, 6.07) is 0. The second-order valence-electron chi connectivity index (χ2n) is 12.2. The molecule has 222 valence electrons. The van der Waals surface area contributed by atoms with Crippen LogP contribution in [0.2, 0.25) is 0 Å². The molecule has 2 heteroatoms. The summed E-state index contributed by atoms with van der Waals surface area (Å²) in [6.07, 6.45) is 46.1. The van der Waals surface area contributed by atoms with Crippen LogP contribution in [0.1, 0.15) is 187 Å². The van der Waals surface area contributed by atoms with Gasteiger partial charge in [-0.25, -0.2) is 0 Å². The molecule has 0 radical (unpaired) electrons. The molecule has 38 heavy (non-hydrogen) atoms. The highest BCUT2D eigenvalue weighted by molar-refractivity contribution is 5.69. The van der Waals surface area contributed by atoms with E-state index in [9.17, 15) is 4.79 Å². The predicted octanol–water partition coefficient (Wildman–Crippen LogP) is 12.2. The minimum Gasteiger partial charge on any atom is -0.465 e. The smallest absolute Gasteiger partial charge is 0.305 e. The van der Waals surface area contributed by atoms with E-state index in [0.717, 1.165) is 6.42 Å². The molecule has 0 aromatic rings. The van der Waals surface area contributed by atoms with Crippen LogP contribution in [0, 0.1) is 5.92 Å². The van der Waals surface area contributed by atoms with Crippen molar-refractivity contribution >= 4 is 5.97 Å². The first kappa shape index (κ1) is 35.0. The van der Waals surface area contributed by atoms with Crippen molar-refractivity contribution in [2.45, 2.75) is 187 Å². The number of rotatable bonds is 0. The maximum Gasteiger partial charge on any atom is 0.305 e. The second kappa shape index (κ2) is 28.9. The molecule has 0 aliphatic carbocycles. The van der Waals surface area contributed by atoms with Crippen LogP contribution >= 0.6 is 0 Å². The van der Waals surface area contributed by atoms with Crippen LogP contribution in [-0.4, -0.2) is 12.6 Å². The van der Waals surface area contributed by atoms with E-state index in [4.69, 9.17) is 4.74 Å². The number of cyclic esters (lactones) is 1. The van der Waals surface area contributed by atoms with Gasteiger partial charge in [0.15, 0.2) is 0 Å². The van der Waals surface area contributed by atoms with Crippen molar-refractivity contribution in [3.05, 3.63) is 24.3 Å². The monoisotopic (exact) mass is 531 g/mol. The molecule has 1 aliphatic rings. The highest BCUT2D eigenvalue weighted by atomic mass is 16.5. The quantitative estimate of drug-likeness (QED) is 0.230. The maximum atomic E-state index is 12.0. The molecule has 1 heterocycles. The lowest BCUT2D eigenvalue weighted by Gasteiger charge is -2.12. The third-order valence-corrected chi connectivity index (χ3v) is 8.17. The molecular formula is C36H66O2. The Hall–Kier alpha value is -1.05. The van der Waals surface area contributed by atoms with Gasteiger partial charge in [-0.2, -0.15) is 0 Å². The summed E-state index contributed by atoms with van der Waals surface area (Å²) >= 11 is 0. The van der Waals surface area contributed by atoms with E-state index in [-0.39, 0.29) is 5.97 Å². The van der Waals surface area contributed by atoms with Crippen molar-refractivity contribution in [1.29, 1.82) is 0 Å². The minimum absolute atomic E-state index is 0.0154. The van der Waals surface area contributed by atoms with Crippen molar-refractivity contribution in [1.82, 2.24) is 0 Å². The van der Waals surface area contributed by atoms with Gasteiger partial charge in [-0.15, -0.1) is 0 Å². The van der Waals surface area contributed by atoms with Gasteiger partial charge in [0, 0.05) is 6.42 Å². The maximum absolute atomic E-state index is 12.0. The molecule has 0 fully saturated rings. The van der Waals surface area contributed by atoms with Crippen LogP contribution < -0.4 is 0 Å². The van der Waals surface area contributed by atoms with Gasteiger partial charge in [0.2, 0.25) is 0 Å². The summed E-state index contributed by atoms with van der Waals surface area (Å²) in [5.41, 5.74) is 0. The molecule has 1 aliphatic heterocycles. The summed E-state index contributed by atoms with van der Waals surface area (Å²) in [6.45, 7) is 2.83. The molecule has 1 rings (SSSR count). The Labute approximate surface area is 238 Å². The van der Waals surface area contributed by atoms with Crippen molar-refractivity contribution < 1.29 is 9.53 Å². The van der Waals surface area contributed by atoms with Gasteiger partial charge in [-0.1, -0.05) is 140 Å². The van der Waals surface area contributed by atoms with Crippen LogP contribution in [0.15, 0.2) is 24.3 Å². The molecule has 0 amide bonds. The van der Waals surface area contributed by atoms with Crippen LogP contribution in [0.5, 0.6) is 0 Å². The van der Waals surface area contributed by atoms with Gasteiger partial charge in [-0.05, 0) is 70.1 Å². The summed E-state index contributed by atoms with van der Waals surface area (Å²) < 4.78 is 5.54. The molecule has 0 saturated carbocycles. The molecule has 1 atom stereocenters. The van der Waals surface area contributed by atoms with E-state index in [2.05, 4.69) is 31.2 Å². The van der Waals surface area contributed by atoms with Crippen molar-refractivity contribution in [3.8, 4) is 0 Å². The topological polar surface area (TPSA) is 26.3 Å². The second-order valence-corrected chi connectivity index (χ2v) is 12.2. The number of hydrogen-bond acceptors (Lipinski definition) is 2. The van der Waals surface area contributed by atoms with Crippen LogP contribution in [0.4, 0.5) is 0 Å². The van der Waals surface area contributed by atoms with E-state index >= 15 is 0 Å². The van der Waals surface area contributed by atoms with Gasteiger partial charge in [0.1, 0.15) is 0 Å². The van der Waals surface area contributed by atoms with Gasteiger partial charge < -0.3 is 4.74 Å². The van der Waals surface area contributed by atoms with Crippen molar-refractivity contribution in [3.63, 3.8) is 0 Å². The van der Waals surface area contributed by atoms with E-state index in [1.807, 2.05) is 0 Å². The third kappa shape index (κ3) is 26.6. The van der Waals surface area contributed by atoms with Crippen LogP contribution in [-0.2, 0) is 9.53 Å². The summed E-state index contributed by atoms with van der Waals surface area (Å²) in [7, 11) is 0. The third-order valence-electron chi connectivity index (χ3n) is 8.17. The zero-order chi connectivity index (χ0) is 27.2. The molecule has 0 spiro atoms. The summed E-state index contributed by atoms with van der Waals surface area (Å²) in [5.74, 6) is 0.504. The molecular weight excluding hydrogens is 464 g/mol. The first-order chi connectivity index (χ1) is 18.8. The first-order valence-electron chi connectivity index (χ1n) is 17.2. The van der Waals surface area contributed by atoms with Crippen molar-refractivity contribution in [2.75, 3.05) is 6.61 Å². The number of allylic oxidation sites excluding steroid dienone is 4. The van der Waals surface area contributed by atoms with Gasteiger partial charge in [-0.3, -0.25) is 4.79 Å². The van der Waals surface area contributed by atoms with E-state index in [1.54, 1.807) is 0 Å². The molecule has 0 bridgehead atoms. The normalized spacial score (nSPS) is 26.0. The highest BCUT2D eigenvalue weighted by Crippen LogP contribution is 2.15. The van der Waals surface area contributed by atoms with Gasteiger partial charge >= 0.3 is 5.97 Å². The predicted molar refractivity (Wildman–Crippen MR) is 168 cm³/mol. The standard InChI is InChI=1S/C36H66O2/c1-35-32-30-28-26-24-22-20-18-16-14-12-10-8-6-4-2-3-5-7-9-11-13-15-17-19-21-23-25-27-29-31-33-36(37)38-34-35/h2-3,20,22,35H,4-19,21,23-34H2,1H3/b3-2-,22-20-. The fraction of sp³-hybridized carbons (Fsp3) is 0.861. The lowest BCUT2D eigenvalue weighted by atomic mass is 10.0. The molecule has 1 unspecified atom stereocenters. The summed E-state index contributed by atoms with van der Waals surface area (Å²) in [4.78, 5) is 12.0. The number of ether oxygens (including phenoxy) is 1. The lowest BCUT2D eigenvalue weighted by Crippen LogP contribution is -2.11. The van der Waals surface area contributed by atoms with E-state index < -0.39 is 0 Å². The Morgan fingerprint density at radius 3 is 1.18 bits per heavy atom. The fourth-order valence-corrected chi connectivity index (χ4v) is 5.50. The van der Waals surface area contributed by atoms with Gasteiger partial charge in [0.05, 0.1) is 6.61 Å². The lowest BCUT2D eigenvalue weighted by molar-refractivity contribution is -0.145. The van der Waals surface area contributed by atoms with Crippen LogP contribution in [0.3, 0.4) is 0 Å². The zero-order valence-corrected chi connectivity index (χ0v) is 25.7. The fourth-order valence-electron chi connectivity index (χ4n) is 5.50. The Kier molecular flexibility index (Phi) is 26.6. The summed E-state index contributed by atoms with van der Waals surface area (Å²) in [5, 5.41) is 0. The first-order valence-corrected chi connectivity index (χ1v) is 17.2. The minimum atomic E-state index is 0.0154. The average molecular weight is 531 g/mol. The molecule has 2 nitrogen and oxygen atoms in total. The largest absolute Gasteiger partial charge is 0.465 e. The molecule has 0 saturated heterocycles. The Morgan fingerprint density at radius 2 is 0.789 bits per heavy atom. The average Bonchev–Trinajstić information content (AvgIpc) is 2.92. The highest BCUT2D eigenvalue weighted by Gasteiger charge is 2.07. The number of hydrogen-bond donors (Lipinski definition) is 0. The van der Waals surface area contributed by atoms with Crippen molar-refractivity contribution in [2.24, 2.45) is 5.92 Å². The molecule has 0 N–H and O–H groups in total. The molecule has 0 aromatic carbocycles. The Balaban J connectivity index is 2.16. The van der Waals surface area contributed by atoms with E-state index in [0.29, 0.717) is 18.9 Å². The number of carbonyl (C=O) groups excluding carboxylic acids is 1. The Morgan fingerprint density at radius 1 is 0.474 bits per heavy atom. The number of esters is 1. The Bertz CT molecular complexity index is 550. The molecule has 0 aromatic heterocycles.